The molecule has 0 bridgehead atoms. The van der Waals surface area contributed by atoms with Crippen LogP contribution in [0.3, 0.4) is 0 Å². The lowest BCUT2D eigenvalue weighted by atomic mass is 9.95. The molecule has 5 heteroatoms. The van der Waals surface area contributed by atoms with Crippen LogP contribution in [0.2, 0.25) is 0 Å². The summed E-state index contributed by atoms with van der Waals surface area (Å²) in [6, 6.07) is 4.81. The fourth-order valence-electron chi connectivity index (χ4n) is 2.96. The van der Waals surface area contributed by atoms with Crippen LogP contribution in [0.1, 0.15) is 37.7 Å². The third kappa shape index (κ3) is 2.33. The summed E-state index contributed by atoms with van der Waals surface area (Å²) in [4.78, 5) is 0. The van der Waals surface area contributed by atoms with Gasteiger partial charge in [-0.25, -0.2) is 4.53 Å². The molecule has 0 saturated heterocycles. The summed E-state index contributed by atoms with van der Waals surface area (Å²) in [5.41, 5.74) is 2.39. The molecule has 1 fully saturated rings. The Balaban J connectivity index is 1.88. The number of hydrogen-bond donors (Lipinski definition) is 0. The molecule has 2 aliphatic rings. The van der Waals surface area contributed by atoms with Gasteiger partial charge in [-0.15, -0.1) is 0 Å². The van der Waals surface area contributed by atoms with E-state index in [9.17, 15) is 0 Å². The zero-order chi connectivity index (χ0) is 12.7. The number of nitrogens with zero attached hydrogens (tertiary/aromatic N) is 2. The lowest BCUT2D eigenvalue weighted by molar-refractivity contribution is 0.171. The molecule has 3 rings (SSSR count). The van der Waals surface area contributed by atoms with Gasteiger partial charge in [-0.2, -0.15) is 5.01 Å². The normalized spacial score (nSPS) is 21.4. The summed E-state index contributed by atoms with van der Waals surface area (Å²) in [6.45, 7) is 0.918. The Bertz CT molecular complexity index is 461. The summed E-state index contributed by atoms with van der Waals surface area (Å²) in [5.74, 6) is 0. The van der Waals surface area contributed by atoms with Crippen molar-refractivity contribution in [2.24, 2.45) is 0 Å². The number of fused-ring (bicyclic) bond motifs is 1. The Hall–Kier alpha value is 0.230. The maximum absolute atomic E-state index is 6.51. The average Bonchev–Trinajstić information content (AvgIpc) is 2.67. The van der Waals surface area contributed by atoms with E-state index in [4.69, 9.17) is 11.8 Å². The summed E-state index contributed by atoms with van der Waals surface area (Å²) in [6.07, 6.45) is 6.54. The van der Waals surface area contributed by atoms with Crippen LogP contribution in [0.25, 0.3) is 0 Å². The molecular weight excluding hydrogens is 379 g/mol. The van der Waals surface area contributed by atoms with Crippen LogP contribution in [-0.2, 0) is 6.54 Å². The Morgan fingerprint density at radius 1 is 1.11 bits per heavy atom. The first-order valence-corrected chi connectivity index (χ1v) is 8.29. The van der Waals surface area contributed by atoms with Crippen molar-refractivity contribution in [2.45, 2.75) is 44.7 Å². The van der Waals surface area contributed by atoms with Crippen LogP contribution in [0.15, 0.2) is 21.1 Å². The topological polar surface area (TPSA) is 6.48 Å². The van der Waals surface area contributed by atoms with E-state index in [0.29, 0.717) is 6.04 Å². The molecule has 1 aliphatic carbocycles. The van der Waals surface area contributed by atoms with Crippen LogP contribution < -0.4 is 4.53 Å². The molecule has 0 radical (unpaired) electrons. The lowest BCUT2D eigenvalue weighted by Gasteiger charge is -2.34. The molecular formula is C13H15Br2ClN2. The summed E-state index contributed by atoms with van der Waals surface area (Å²) < 4.78 is 3.98. The molecule has 0 atom stereocenters. The van der Waals surface area contributed by atoms with Gasteiger partial charge >= 0.3 is 0 Å². The van der Waals surface area contributed by atoms with Crippen LogP contribution in [0.5, 0.6) is 0 Å². The van der Waals surface area contributed by atoms with Gasteiger partial charge in [0, 0.05) is 33.3 Å². The number of rotatable bonds is 1. The van der Waals surface area contributed by atoms with E-state index in [0.717, 1.165) is 21.2 Å². The van der Waals surface area contributed by atoms with Gasteiger partial charge in [0.1, 0.15) is 0 Å². The molecule has 0 N–H and O–H groups in total. The highest BCUT2D eigenvalue weighted by molar-refractivity contribution is 9.11. The third-order valence-corrected chi connectivity index (χ3v) is 5.27. The highest BCUT2D eigenvalue weighted by Crippen LogP contribution is 2.43. The van der Waals surface area contributed by atoms with Crippen molar-refractivity contribution in [1.29, 1.82) is 0 Å². The number of hydrogen-bond acceptors (Lipinski definition) is 2. The van der Waals surface area contributed by atoms with Gasteiger partial charge in [-0.1, -0.05) is 35.2 Å². The van der Waals surface area contributed by atoms with Gasteiger partial charge < -0.3 is 0 Å². The Kier molecular flexibility index (Phi) is 3.90. The third-order valence-electron chi connectivity index (χ3n) is 3.85. The van der Waals surface area contributed by atoms with Crippen molar-refractivity contribution in [3.8, 4) is 0 Å². The van der Waals surface area contributed by atoms with Crippen molar-refractivity contribution in [3.05, 3.63) is 26.6 Å². The minimum absolute atomic E-state index is 0.592. The van der Waals surface area contributed by atoms with E-state index in [1.54, 1.807) is 0 Å². The Labute approximate surface area is 130 Å². The van der Waals surface area contributed by atoms with Gasteiger partial charge in [0.25, 0.3) is 0 Å². The summed E-state index contributed by atoms with van der Waals surface area (Å²) >= 11 is 13.7. The van der Waals surface area contributed by atoms with E-state index >= 15 is 0 Å². The average molecular weight is 395 g/mol. The molecule has 2 nitrogen and oxygen atoms in total. The van der Waals surface area contributed by atoms with Crippen molar-refractivity contribution in [1.82, 2.24) is 5.01 Å². The predicted molar refractivity (Wildman–Crippen MR) is 82.6 cm³/mol. The number of anilines is 1. The lowest BCUT2D eigenvalue weighted by Crippen LogP contribution is -2.40. The van der Waals surface area contributed by atoms with Crippen molar-refractivity contribution >= 4 is 49.3 Å². The minimum Gasteiger partial charge on any atom is -0.213 e. The molecule has 1 saturated carbocycles. The first kappa shape index (κ1) is 13.2. The van der Waals surface area contributed by atoms with E-state index in [2.05, 4.69) is 49.0 Å². The first-order valence-electron chi connectivity index (χ1n) is 6.37. The second-order valence-electron chi connectivity index (χ2n) is 5.04. The summed E-state index contributed by atoms with van der Waals surface area (Å²) in [5, 5.41) is 2.31. The SMILES string of the molecule is ClN1c2c(Br)cc(Br)cc2CN1C1CCCCC1. The van der Waals surface area contributed by atoms with E-state index in [-0.39, 0.29) is 0 Å². The second kappa shape index (κ2) is 5.31. The predicted octanol–water partition coefficient (Wildman–Crippen LogP) is 5.24. The van der Waals surface area contributed by atoms with Crippen molar-refractivity contribution < 1.29 is 0 Å². The fraction of sp³-hybridized carbons (Fsp3) is 0.538. The highest BCUT2D eigenvalue weighted by atomic mass is 79.9. The van der Waals surface area contributed by atoms with E-state index in [1.807, 2.05) is 4.53 Å². The second-order valence-corrected chi connectivity index (χ2v) is 7.14. The summed E-state index contributed by atoms with van der Waals surface area (Å²) in [7, 11) is 0. The fourth-order valence-corrected chi connectivity index (χ4v) is 4.92. The monoisotopic (exact) mass is 392 g/mol. The Morgan fingerprint density at radius 3 is 2.56 bits per heavy atom. The molecule has 0 unspecified atom stereocenters. The number of halogens is 3. The number of benzene rings is 1. The smallest absolute Gasteiger partial charge is 0.0897 e. The largest absolute Gasteiger partial charge is 0.213 e. The minimum atomic E-state index is 0.592. The zero-order valence-corrected chi connectivity index (χ0v) is 13.9. The molecule has 1 aromatic rings. The molecule has 1 aliphatic heterocycles. The molecule has 1 aromatic carbocycles. The standard InChI is InChI=1S/C13H15Br2ClN2/c14-10-6-9-8-17(11-4-2-1-3-5-11)18(16)13(9)12(15)7-10/h6-7,11H,1-5,8H2. The van der Waals surface area contributed by atoms with Gasteiger partial charge in [0.2, 0.25) is 0 Å². The van der Waals surface area contributed by atoms with Crippen LogP contribution >= 0.6 is 43.6 Å². The first-order chi connectivity index (χ1) is 8.66. The molecule has 0 aromatic heterocycles. The molecule has 98 valence electrons. The Morgan fingerprint density at radius 2 is 1.83 bits per heavy atom. The van der Waals surface area contributed by atoms with Crippen LogP contribution in [0, 0.1) is 0 Å². The van der Waals surface area contributed by atoms with Crippen LogP contribution in [0.4, 0.5) is 5.69 Å². The zero-order valence-electron chi connectivity index (χ0n) is 10.0. The van der Waals surface area contributed by atoms with Gasteiger partial charge in [0.05, 0.1) is 5.69 Å². The van der Waals surface area contributed by atoms with Gasteiger partial charge in [-0.05, 0) is 46.5 Å². The maximum Gasteiger partial charge on any atom is 0.0897 e. The molecule has 0 spiro atoms. The molecule has 1 heterocycles. The maximum atomic E-state index is 6.51. The van der Waals surface area contributed by atoms with Crippen LogP contribution in [-0.4, -0.2) is 11.1 Å². The quantitative estimate of drug-likeness (QED) is 0.602. The van der Waals surface area contributed by atoms with Crippen molar-refractivity contribution in [3.63, 3.8) is 0 Å². The van der Waals surface area contributed by atoms with Gasteiger partial charge in [-0.3, -0.25) is 0 Å². The van der Waals surface area contributed by atoms with E-state index in [1.165, 1.54) is 37.7 Å². The number of hydrazine groups is 1. The highest BCUT2D eigenvalue weighted by Gasteiger charge is 2.34. The van der Waals surface area contributed by atoms with Gasteiger partial charge in [0.15, 0.2) is 0 Å². The van der Waals surface area contributed by atoms with Crippen molar-refractivity contribution in [2.75, 3.05) is 4.53 Å². The molecule has 0 amide bonds. The van der Waals surface area contributed by atoms with E-state index < -0.39 is 0 Å². The molecule has 18 heavy (non-hydrogen) atoms.